The number of carbonyl (C=O) groups excluding carboxylic acids is 1. The summed E-state index contributed by atoms with van der Waals surface area (Å²) in [4.78, 5) is 12.5. The number of aromatic amines is 1. The van der Waals surface area contributed by atoms with Crippen molar-refractivity contribution < 1.29 is 4.79 Å². The maximum absolute atomic E-state index is 12.5. The Balaban J connectivity index is 1.43. The quantitative estimate of drug-likeness (QED) is 0.461. The van der Waals surface area contributed by atoms with Crippen molar-refractivity contribution in [1.29, 1.82) is 0 Å². The average molecular weight is 426 g/mol. The van der Waals surface area contributed by atoms with E-state index in [2.05, 4.69) is 20.6 Å². The lowest BCUT2D eigenvalue weighted by atomic mass is 10.1. The SMILES string of the molecule is Cc1ccc(-c2cc(C(=O)Nc3ccn(Cc4ccc(Cl)cc4Cl)n3)[nH]n2)cc1. The third-order valence-electron chi connectivity index (χ3n) is 4.40. The van der Waals surface area contributed by atoms with Crippen LogP contribution in [-0.4, -0.2) is 25.9 Å². The van der Waals surface area contributed by atoms with Crippen molar-refractivity contribution in [2.45, 2.75) is 13.5 Å². The van der Waals surface area contributed by atoms with Gasteiger partial charge in [0.2, 0.25) is 0 Å². The van der Waals surface area contributed by atoms with E-state index in [0.29, 0.717) is 33.8 Å². The number of carbonyl (C=O) groups is 1. The molecule has 0 aliphatic rings. The van der Waals surface area contributed by atoms with Crippen molar-refractivity contribution in [2.24, 2.45) is 0 Å². The Kier molecular flexibility index (Phi) is 5.38. The first-order valence-electron chi connectivity index (χ1n) is 8.89. The molecule has 8 heteroatoms. The van der Waals surface area contributed by atoms with Crippen LogP contribution < -0.4 is 5.32 Å². The molecule has 29 heavy (non-hydrogen) atoms. The summed E-state index contributed by atoms with van der Waals surface area (Å²) in [5.74, 6) is 0.122. The Bertz CT molecular complexity index is 1160. The summed E-state index contributed by atoms with van der Waals surface area (Å²) in [7, 11) is 0. The van der Waals surface area contributed by atoms with Crippen molar-refractivity contribution in [1.82, 2.24) is 20.0 Å². The predicted molar refractivity (Wildman–Crippen MR) is 115 cm³/mol. The Labute approximate surface area is 177 Å². The van der Waals surface area contributed by atoms with E-state index in [9.17, 15) is 4.79 Å². The van der Waals surface area contributed by atoms with Crippen LogP contribution >= 0.6 is 23.2 Å². The molecule has 1 amide bonds. The van der Waals surface area contributed by atoms with Gasteiger partial charge < -0.3 is 5.32 Å². The number of H-pyrrole nitrogens is 1. The molecule has 0 fully saturated rings. The Hall–Kier alpha value is -3.09. The number of benzene rings is 2. The van der Waals surface area contributed by atoms with Crippen LogP contribution in [0.4, 0.5) is 5.82 Å². The van der Waals surface area contributed by atoms with Gasteiger partial charge in [-0.2, -0.15) is 10.2 Å². The molecule has 0 bridgehead atoms. The van der Waals surface area contributed by atoms with Gasteiger partial charge >= 0.3 is 0 Å². The predicted octanol–water partition coefficient (Wildman–Crippen LogP) is 5.19. The lowest BCUT2D eigenvalue weighted by Gasteiger charge is -2.05. The van der Waals surface area contributed by atoms with Crippen LogP contribution in [-0.2, 0) is 6.54 Å². The highest BCUT2D eigenvalue weighted by Gasteiger charge is 2.13. The summed E-state index contributed by atoms with van der Waals surface area (Å²) in [6, 6.07) is 16.7. The van der Waals surface area contributed by atoms with E-state index < -0.39 is 0 Å². The molecule has 2 aromatic heterocycles. The summed E-state index contributed by atoms with van der Waals surface area (Å²) in [5.41, 5.74) is 4.05. The lowest BCUT2D eigenvalue weighted by Crippen LogP contribution is -2.13. The van der Waals surface area contributed by atoms with Crippen molar-refractivity contribution in [3.05, 3.63) is 87.7 Å². The Morgan fingerprint density at radius 3 is 2.66 bits per heavy atom. The summed E-state index contributed by atoms with van der Waals surface area (Å²) < 4.78 is 1.69. The molecule has 0 unspecified atom stereocenters. The number of nitrogens with one attached hydrogen (secondary N) is 2. The number of aromatic nitrogens is 4. The lowest BCUT2D eigenvalue weighted by molar-refractivity contribution is 0.102. The zero-order chi connectivity index (χ0) is 20.4. The smallest absolute Gasteiger partial charge is 0.274 e. The molecule has 6 nitrogen and oxygen atoms in total. The van der Waals surface area contributed by atoms with E-state index in [1.54, 1.807) is 35.1 Å². The second kappa shape index (κ2) is 8.11. The summed E-state index contributed by atoms with van der Waals surface area (Å²) >= 11 is 12.1. The summed E-state index contributed by atoms with van der Waals surface area (Å²) in [6.45, 7) is 2.49. The van der Waals surface area contributed by atoms with Gasteiger partial charge in [-0.25, -0.2) is 0 Å². The monoisotopic (exact) mass is 425 g/mol. The van der Waals surface area contributed by atoms with E-state index in [0.717, 1.165) is 16.7 Å². The number of aryl methyl sites for hydroxylation is 1. The molecule has 4 rings (SSSR count). The number of nitrogens with zero attached hydrogens (tertiary/aromatic N) is 3. The molecule has 146 valence electrons. The van der Waals surface area contributed by atoms with Crippen molar-refractivity contribution in [3.63, 3.8) is 0 Å². The molecule has 2 aromatic carbocycles. The van der Waals surface area contributed by atoms with Gasteiger partial charge in [-0.15, -0.1) is 0 Å². The maximum atomic E-state index is 12.5. The van der Waals surface area contributed by atoms with Gasteiger partial charge in [-0.1, -0.05) is 59.1 Å². The standard InChI is InChI=1S/C21H17Cl2N5O/c1-13-2-4-14(5-3-13)18-11-19(26-25-18)21(29)24-20-8-9-28(27-20)12-15-6-7-16(22)10-17(15)23/h2-11H,12H2,1H3,(H,25,26)(H,24,27,29). The van der Waals surface area contributed by atoms with Crippen molar-refractivity contribution in [2.75, 3.05) is 5.32 Å². The van der Waals surface area contributed by atoms with Gasteiger partial charge in [0.15, 0.2) is 5.82 Å². The fourth-order valence-electron chi connectivity index (χ4n) is 2.83. The largest absolute Gasteiger partial charge is 0.304 e. The van der Waals surface area contributed by atoms with Crippen LogP contribution in [0.5, 0.6) is 0 Å². The second-order valence-electron chi connectivity index (χ2n) is 6.62. The number of rotatable bonds is 5. The molecular weight excluding hydrogens is 409 g/mol. The zero-order valence-corrected chi connectivity index (χ0v) is 17.0. The van der Waals surface area contributed by atoms with Crippen LogP contribution in [0.2, 0.25) is 10.0 Å². The number of hydrogen-bond donors (Lipinski definition) is 2. The molecule has 0 spiro atoms. The number of anilines is 1. The van der Waals surface area contributed by atoms with Gasteiger partial charge in [-0.3, -0.25) is 14.6 Å². The average Bonchev–Trinajstić information content (AvgIpc) is 3.34. The molecular formula is C21H17Cl2N5O. The number of halogens is 2. The minimum atomic E-state index is -0.314. The van der Waals surface area contributed by atoms with E-state index in [1.165, 1.54) is 0 Å². The van der Waals surface area contributed by atoms with Crippen LogP contribution in [0.3, 0.4) is 0 Å². The van der Waals surface area contributed by atoms with E-state index in [1.807, 2.05) is 37.3 Å². The third-order valence-corrected chi connectivity index (χ3v) is 4.99. The molecule has 0 aliphatic heterocycles. The second-order valence-corrected chi connectivity index (χ2v) is 7.46. The first-order valence-corrected chi connectivity index (χ1v) is 9.65. The number of hydrogen-bond acceptors (Lipinski definition) is 3. The van der Waals surface area contributed by atoms with Crippen LogP contribution in [0.25, 0.3) is 11.3 Å². The van der Waals surface area contributed by atoms with Crippen LogP contribution in [0.1, 0.15) is 21.6 Å². The molecule has 0 aliphatic carbocycles. The molecule has 0 atom stereocenters. The fraction of sp³-hybridized carbons (Fsp3) is 0.0952. The van der Waals surface area contributed by atoms with Gasteiger partial charge in [0.05, 0.1) is 12.2 Å². The normalized spacial score (nSPS) is 10.9. The summed E-state index contributed by atoms with van der Waals surface area (Å²) in [5, 5.41) is 15.3. The van der Waals surface area contributed by atoms with Crippen molar-refractivity contribution >= 4 is 34.9 Å². The first kappa shape index (κ1) is 19.2. The minimum Gasteiger partial charge on any atom is -0.304 e. The van der Waals surface area contributed by atoms with E-state index in [4.69, 9.17) is 23.2 Å². The highest BCUT2D eigenvalue weighted by atomic mass is 35.5. The summed E-state index contributed by atoms with van der Waals surface area (Å²) in [6.07, 6.45) is 1.77. The highest BCUT2D eigenvalue weighted by molar-refractivity contribution is 6.35. The Morgan fingerprint density at radius 2 is 1.90 bits per heavy atom. The van der Waals surface area contributed by atoms with Crippen molar-refractivity contribution in [3.8, 4) is 11.3 Å². The fourth-order valence-corrected chi connectivity index (χ4v) is 3.30. The molecule has 0 saturated carbocycles. The highest BCUT2D eigenvalue weighted by Crippen LogP contribution is 2.22. The molecule has 2 N–H and O–H groups in total. The van der Waals surface area contributed by atoms with Gasteiger partial charge in [0, 0.05) is 27.9 Å². The third kappa shape index (κ3) is 4.50. The minimum absolute atomic E-state index is 0.314. The molecule has 0 radical (unpaired) electrons. The molecule has 0 saturated heterocycles. The van der Waals surface area contributed by atoms with E-state index >= 15 is 0 Å². The zero-order valence-electron chi connectivity index (χ0n) is 15.5. The van der Waals surface area contributed by atoms with Gasteiger partial charge in [0.25, 0.3) is 5.91 Å². The number of amides is 1. The van der Waals surface area contributed by atoms with Gasteiger partial charge in [-0.05, 0) is 30.7 Å². The molecule has 2 heterocycles. The van der Waals surface area contributed by atoms with Gasteiger partial charge in [0.1, 0.15) is 5.69 Å². The topological polar surface area (TPSA) is 75.6 Å². The molecule has 4 aromatic rings. The van der Waals surface area contributed by atoms with E-state index in [-0.39, 0.29) is 5.91 Å². The van der Waals surface area contributed by atoms with Crippen LogP contribution in [0, 0.1) is 6.92 Å². The Morgan fingerprint density at radius 1 is 1.10 bits per heavy atom. The maximum Gasteiger partial charge on any atom is 0.274 e. The first-order chi connectivity index (χ1) is 14.0. The van der Waals surface area contributed by atoms with Crippen LogP contribution in [0.15, 0.2) is 60.8 Å².